The van der Waals surface area contributed by atoms with Gasteiger partial charge in [-0.2, -0.15) is 0 Å². The average Bonchev–Trinajstić information content (AvgIpc) is 2.03. The molecule has 0 heterocycles. The van der Waals surface area contributed by atoms with E-state index in [4.69, 9.17) is 5.11 Å². The first-order valence-electron chi connectivity index (χ1n) is 4.14. The van der Waals surface area contributed by atoms with E-state index in [1.165, 1.54) is 0 Å². The standard InChI is InChI=1S/C10H14O2/c1-7(2)9-4-3-8(6-11)5-10(9)12/h5,9,11H,1,3-4,6H2,2H3/t9-/m0/s1. The van der Waals surface area contributed by atoms with Crippen molar-refractivity contribution in [1.29, 1.82) is 0 Å². The summed E-state index contributed by atoms with van der Waals surface area (Å²) >= 11 is 0. The second kappa shape index (κ2) is 3.68. The number of aliphatic hydroxyl groups is 1. The molecule has 66 valence electrons. The molecule has 2 heteroatoms. The lowest BCUT2D eigenvalue weighted by Gasteiger charge is -2.19. The first kappa shape index (κ1) is 9.20. The van der Waals surface area contributed by atoms with Crippen LogP contribution in [0.15, 0.2) is 23.8 Å². The smallest absolute Gasteiger partial charge is 0.162 e. The number of ketones is 1. The third kappa shape index (κ3) is 1.83. The van der Waals surface area contributed by atoms with Gasteiger partial charge in [-0.3, -0.25) is 4.79 Å². The maximum atomic E-state index is 11.4. The van der Waals surface area contributed by atoms with Gasteiger partial charge in [-0.1, -0.05) is 12.2 Å². The van der Waals surface area contributed by atoms with Crippen molar-refractivity contribution in [1.82, 2.24) is 0 Å². The maximum Gasteiger partial charge on any atom is 0.162 e. The molecule has 0 aromatic rings. The molecule has 0 aromatic carbocycles. The van der Waals surface area contributed by atoms with Crippen LogP contribution < -0.4 is 0 Å². The summed E-state index contributed by atoms with van der Waals surface area (Å²) in [7, 11) is 0. The van der Waals surface area contributed by atoms with Crippen LogP contribution in [0, 0.1) is 5.92 Å². The highest BCUT2D eigenvalue weighted by atomic mass is 16.3. The van der Waals surface area contributed by atoms with Crippen LogP contribution in [-0.4, -0.2) is 17.5 Å². The lowest BCUT2D eigenvalue weighted by molar-refractivity contribution is -0.117. The summed E-state index contributed by atoms with van der Waals surface area (Å²) in [6, 6.07) is 0. The van der Waals surface area contributed by atoms with Gasteiger partial charge in [-0.25, -0.2) is 0 Å². The molecule has 0 aliphatic heterocycles. The van der Waals surface area contributed by atoms with E-state index in [0.717, 1.165) is 24.0 Å². The zero-order valence-corrected chi connectivity index (χ0v) is 7.34. The highest BCUT2D eigenvalue weighted by molar-refractivity contribution is 5.95. The molecule has 1 rings (SSSR count). The largest absolute Gasteiger partial charge is 0.392 e. The average molecular weight is 166 g/mol. The first-order chi connectivity index (χ1) is 5.65. The fourth-order valence-corrected chi connectivity index (χ4v) is 1.46. The molecule has 12 heavy (non-hydrogen) atoms. The Kier molecular flexibility index (Phi) is 2.82. The van der Waals surface area contributed by atoms with Gasteiger partial charge < -0.3 is 5.11 Å². The minimum atomic E-state index is -0.0136. The Balaban J connectivity index is 2.73. The molecule has 1 aliphatic carbocycles. The monoisotopic (exact) mass is 166 g/mol. The molecule has 0 unspecified atom stereocenters. The van der Waals surface area contributed by atoms with Crippen LogP contribution in [0.25, 0.3) is 0 Å². The first-order valence-corrected chi connectivity index (χ1v) is 4.14. The number of rotatable bonds is 2. The summed E-state index contributed by atoms with van der Waals surface area (Å²) in [6.07, 6.45) is 3.18. The van der Waals surface area contributed by atoms with Crippen LogP contribution in [0.1, 0.15) is 19.8 Å². The van der Waals surface area contributed by atoms with Gasteiger partial charge in [0.2, 0.25) is 0 Å². The van der Waals surface area contributed by atoms with Gasteiger partial charge in [0.1, 0.15) is 0 Å². The minimum absolute atomic E-state index is 0.00858. The van der Waals surface area contributed by atoms with Crippen molar-refractivity contribution < 1.29 is 9.90 Å². The molecule has 2 nitrogen and oxygen atoms in total. The summed E-state index contributed by atoms with van der Waals surface area (Å²) in [6.45, 7) is 5.65. The van der Waals surface area contributed by atoms with Crippen LogP contribution in [-0.2, 0) is 4.79 Å². The predicted octanol–water partition coefficient (Wildman–Crippen LogP) is 1.46. The van der Waals surface area contributed by atoms with E-state index >= 15 is 0 Å². The predicted molar refractivity (Wildman–Crippen MR) is 47.7 cm³/mol. The van der Waals surface area contributed by atoms with Gasteiger partial charge >= 0.3 is 0 Å². The molecule has 0 radical (unpaired) electrons. The van der Waals surface area contributed by atoms with Gasteiger partial charge in [-0.15, -0.1) is 0 Å². The summed E-state index contributed by atoms with van der Waals surface area (Å²) in [5, 5.41) is 8.79. The molecule has 1 atom stereocenters. The number of carbonyl (C=O) groups excluding carboxylic acids is 1. The summed E-state index contributed by atoms with van der Waals surface area (Å²) < 4.78 is 0. The lowest BCUT2D eigenvalue weighted by atomic mass is 9.85. The molecule has 0 saturated carbocycles. The summed E-state index contributed by atoms with van der Waals surface area (Å²) in [5.74, 6) is 0.0816. The Morgan fingerprint density at radius 3 is 2.92 bits per heavy atom. The number of aliphatic hydroxyl groups excluding tert-OH is 1. The highest BCUT2D eigenvalue weighted by Crippen LogP contribution is 2.25. The van der Waals surface area contributed by atoms with Gasteiger partial charge in [0.15, 0.2) is 5.78 Å². The normalized spacial score (nSPS) is 23.7. The van der Waals surface area contributed by atoms with Crippen LogP contribution in [0.2, 0.25) is 0 Å². The zero-order chi connectivity index (χ0) is 9.14. The van der Waals surface area contributed by atoms with Crippen molar-refractivity contribution in [2.45, 2.75) is 19.8 Å². The van der Waals surface area contributed by atoms with Crippen LogP contribution >= 0.6 is 0 Å². The van der Waals surface area contributed by atoms with E-state index in [1.54, 1.807) is 6.08 Å². The van der Waals surface area contributed by atoms with Crippen molar-refractivity contribution in [3.63, 3.8) is 0 Å². The van der Waals surface area contributed by atoms with Crippen molar-refractivity contribution >= 4 is 5.78 Å². The van der Waals surface area contributed by atoms with Gasteiger partial charge in [-0.05, 0) is 31.4 Å². The Labute approximate surface area is 72.6 Å². The molecule has 0 saturated heterocycles. The second-order valence-electron chi connectivity index (χ2n) is 3.30. The molecular weight excluding hydrogens is 152 g/mol. The molecule has 0 aromatic heterocycles. The fourth-order valence-electron chi connectivity index (χ4n) is 1.46. The number of carbonyl (C=O) groups is 1. The van der Waals surface area contributed by atoms with E-state index in [1.807, 2.05) is 6.92 Å². The number of hydrogen-bond acceptors (Lipinski definition) is 2. The van der Waals surface area contributed by atoms with Gasteiger partial charge in [0.25, 0.3) is 0 Å². The van der Waals surface area contributed by atoms with Gasteiger partial charge in [0, 0.05) is 5.92 Å². The van der Waals surface area contributed by atoms with Crippen LogP contribution in [0.3, 0.4) is 0 Å². The third-order valence-electron chi connectivity index (χ3n) is 2.24. The zero-order valence-electron chi connectivity index (χ0n) is 7.34. The highest BCUT2D eigenvalue weighted by Gasteiger charge is 2.21. The van der Waals surface area contributed by atoms with Crippen LogP contribution in [0.4, 0.5) is 0 Å². The second-order valence-corrected chi connectivity index (χ2v) is 3.30. The van der Waals surface area contributed by atoms with E-state index in [-0.39, 0.29) is 18.3 Å². The number of hydrogen-bond donors (Lipinski definition) is 1. The van der Waals surface area contributed by atoms with Gasteiger partial charge in [0.05, 0.1) is 6.61 Å². The molecule has 0 amide bonds. The van der Waals surface area contributed by atoms with Crippen LogP contribution in [0.5, 0.6) is 0 Å². The molecule has 1 aliphatic rings. The van der Waals surface area contributed by atoms with Crippen molar-refractivity contribution in [3.05, 3.63) is 23.8 Å². The fraction of sp³-hybridized carbons (Fsp3) is 0.500. The quantitative estimate of drug-likeness (QED) is 0.630. The maximum absolute atomic E-state index is 11.4. The van der Waals surface area contributed by atoms with Crippen molar-refractivity contribution in [2.75, 3.05) is 6.61 Å². The Morgan fingerprint density at radius 1 is 1.83 bits per heavy atom. The van der Waals surface area contributed by atoms with E-state index in [0.29, 0.717) is 0 Å². The SMILES string of the molecule is C=C(C)[C@@H]1CCC(CO)=CC1=O. The van der Waals surface area contributed by atoms with E-state index in [2.05, 4.69) is 6.58 Å². The Bertz CT molecular complexity index is 238. The van der Waals surface area contributed by atoms with E-state index < -0.39 is 0 Å². The summed E-state index contributed by atoms with van der Waals surface area (Å²) in [5.41, 5.74) is 1.77. The Morgan fingerprint density at radius 2 is 2.50 bits per heavy atom. The number of allylic oxidation sites excluding steroid dienone is 2. The van der Waals surface area contributed by atoms with E-state index in [9.17, 15) is 4.79 Å². The molecule has 0 spiro atoms. The Hall–Kier alpha value is -0.890. The topological polar surface area (TPSA) is 37.3 Å². The molecule has 1 N–H and O–H groups in total. The van der Waals surface area contributed by atoms with Crippen molar-refractivity contribution in [2.24, 2.45) is 5.92 Å². The molecular formula is C10H14O2. The minimum Gasteiger partial charge on any atom is -0.392 e. The lowest BCUT2D eigenvalue weighted by Crippen LogP contribution is -2.19. The summed E-state index contributed by atoms with van der Waals surface area (Å²) in [4.78, 5) is 11.4. The van der Waals surface area contributed by atoms with Crippen molar-refractivity contribution in [3.8, 4) is 0 Å². The molecule has 0 bridgehead atoms. The third-order valence-corrected chi connectivity index (χ3v) is 2.24. The molecule has 0 fully saturated rings.